The molecule has 0 aromatic heterocycles. The molecule has 1 fully saturated rings. The van der Waals surface area contributed by atoms with E-state index in [0.29, 0.717) is 5.92 Å². The van der Waals surface area contributed by atoms with Gasteiger partial charge < -0.3 is 15.1 Å². The number of para-hydroxylation sites is 1. The second kappa shape index (κ2) is 6.15. The van der Waals surface area contributed by atoms with Gasteiger partial charge >= 0.3 is 0 Å². The highest BCUT2D eigenvalue weighted by Crippen LogP contribution is 2.33. The van der Waals surface area contributed by atoms with Crippen LogP contribution in [0.1, 0.15) is 30.7 Å². The van der Waals surface area contributed by atoms with E-state index in [4.69, 9.17) is 0 Å². The summed E-state index contributed by atoms with van der Waals surface area (Å²) >= 11 is 0. The Kier molecular flexibility index (Phi) is 4.27. The minimum atomic E-state index is 0.690. The molecule has 0 saturated carbocycles. The van der Waals surface area contributed by atoms with E-state index in [1.807, 2.05) is 0 Å². The van der Waals surface area contributed by atoms with Gasteiger partial charge in [0.05, 0.1) is 0 Å². The average Bonchev–Trinajstić information content (AvgIpc) is 3.04. The van der Waals surface area contributed by atoms with Gasteiger partial charge in [-0.2, -0.15) is 0 Å². The third-order valence-corrected chi connectivity index (χ3v) is 4.99. The Morgan fingerprint density at radius 1 is 1.35 bits per heavy atom. The smallest absolute Gasteiger partial charge is 0.0376 e. The first kappa shape index (κ1) is 13.9. The average molecular weight is 273 g/mol. The quantitative estimate of drug-likeness (QED) is 0.889. The highest BCUT2D eigenvalue weighted by molar-refractivity contribution is 5.57. The Bertz CT molecular complexity index is 446. The summed E-state index contributed by atoms with van der Waals surface area (Å²) in [6, 6.07) is 9.54. The fourth-order valence-corrected chi connectivity index (χ4v) is 3.65. The minimum Gasteiger partial charge on any atom is -0.384 e. The number of rotatable bonds is 5. The van der Waals surface area contributed by atoms with E-state index in [2.05, 4.69) is 53.5 Å². The number of fused-ring (bicyclic) bond motifs is 1. The molecule has 1 aromatic carbocycles. The molecule has 2 aliphatic heterocycles. The van der Waals surface area contributed by atoms with Crippen LogP contribution in [0.4, 0.5) is 5.69 Å². The van der Waals surface area contributed by atoms with Crippen LogP contribution >= 0.6 is 0 Å². The van der Waals surface area contributed by atoms with Crippen LogP contribution in [0.25, 0.3) is 0 Å². The van der Waals surface area contributed by atoms with Gasteiger partial charge in [0.15, 0.2) is 0 Å². The third-order valence-electron chi connectivity index (χ3n) is 4.99. The van der Waals surface area contributed by atoms with Crippen molar-refractivity contribution < 1.29 is 0 Å². The molecule has 0 radical (unpaired) electrons. The molecule has 0 amide bonds. The summed E-state index contributed by atoms with van der Waals surface area (Å²) in [7, 11) is 4.54. The zero-order chi connectivity index (χ0) is 13.9. The number of anilines is 1. The van der Waals surface area contributed by atoms with Gasteiger partial charge in [-0.3, -0.25) is 0 Å². The van der Waals surface area contributed by atoms with Gasteiger partial charge in [-0.25, -0.2) is 0 Å². The summed E-state index contributed by atoms with van der Waals surface area (Å²) in [6.07, 6.45) is 4.00. The SMILES string of the molecule is CN(CCC1CNc2ccccc21)CC1CCCN1C. The Labute approximate surface area is 123 Å². The molecule has 0 aliphatic carbocycles. The summed E-state index contributed by atoms with van der Waals surface area (Å²) in [4.78, 5) is 5.04. The summed E-state index contributed by atoms with van der Waals surface area (Å²) in [5, 5.41) is 3.53. The molecular weight excluding hydrogens is 246 g/mol. The zero-order valence-corrected chi connectivity index (χ0v) is 12.8. The molecule has 20 heavy (non-hydrogen) atoms. The van der Waals surface area contributed by atoms with Crippen LogP contribution in [0.3, 0.4) is 0 Å². The molecule has 2 heterocycles. The van der Waals surface area contributed by atoms with Crippen LogP contribution < -0.4 is 5.32 Å². The van der Waals surface area contributed by atoms with Crippen molar-refractivity contribution in [3.05, 3.63) is 29.8 Å². The van der Waals surface area contributed by atoms with E-state index >= 15 is 0 Å². The molecule has 0 bridgehead atoms. The molecule has 2 atom stereocenters. The Morgan fingerprint density at radius 2 is 2.20 bits per heavy atom. The van der Waals surface area contributed by atoms with Gasteiger partial charge in [0.1, 0.15) is 0 Å². The van der Waals surface area contributed by atoms with Crippen molar-refractivity contribution in [2.45, 2.75) is 31.2 Å². The van der Waals surface area contributed by atoms with Gasteiger partial charge in [0.2, 0.25) is 0 Å². The molecule has 2 aliphatic rings. The van der Waals surface area contributed by atoms with Crippen molar-refractivity contribution in [2.75, 3.05) is 45.6 Å². The Balaban J connectivity index is 1.48. The first-order valence-electron chi connectivity index (χ1n) is 7.95. The molecule has 1 N–H and O–H groups in total. The number of likely N-dealkylation sites (N-methyl/N-ethyl adjacent to an activating group) is 2. The lowest BCUT2D eigenvalue weighted by Gasteiger charge is -2.26. The van der Waals surface area contributed by atoms with Gasteiger partial charge in [-0.15, -0.1) is 0 Å². The van der Waals surface area contributed by atoms with Gasteiger partial charge in [-0.05, 0) is 58.1 Å². The number of nitrogens with zero attached hydrogens (tertiary/aromatic N) is 2. The first-order valence-corrected chi connectivity index (χ1v) is 7.95. The second-order valence-electron chi connectivity index (χ2n) is 6.49. The lowest BCUT2D eigenvalue weighted by molar-refractivity contribution is 0.216. The fraction of sp³-hybridized carbons (Fsp3) is 0.647. The number of nitrogens with one attached hydrogen (secondary N) is 1. The number of hydrogen-bond donors (Lipinski definition) is 1. The molecule has 3 heteroatoms. The zero-order valence-electron chi connectivity index (χ0n) is 12.8. The summed E-state index contributed by atoms with van der Waals surface area (Å²) in [5.74, 6) is 0.690. The van der Waals surface area contributed by atoms with Crippen molar-refractivity contribution in [1.82, 2.24) is 9.80 Å². The van der Waals surface area contributed by atoms with E-state index < -0.39 is 0 Å². The number of hydrogen-bond acceptors (Lipinski definition) is 3. The predicted molar refractivity (Wildman–Crippen MR) is 85.4 cm³/mol. The molecule has 3 rings (SSSR count). The molecule has 2 unspecified atom stereocenters. The highest BCUT2D eigenvalue weighted by Gasteiger charge is 2.24. The molecule has 3 nitrogen and oxygen atoms in total. The predicted octanol–water partition coefficient (Wildman–Crippen LogP) is 2.61. The van der Waals surface area contributed by atoms with E-state index in [0.717, 1.165) is 12.6 Å². The van der Waals surface area contributed by atoms with Crippen molar-refractivity contribution in [3.63, 3.8) is 0 Å². The minimum absolute atomic E-state index is 0.690. The third kappa shape index (κ3) is 2.99. The maximum Gasteiger partial charge on any atom is 0.0376 e. The molecular formula is C17H27N3. The lowest BCUT2D eigenvalue weighted by Crippen LogP contribution is -2.37. The van der Waals surface area contributed by atoms with Crippen LogP contribution in [0.15, 0.2) is 24.3 Å². The topological polar surface area (TPSA) is 18.5 Å². The van der Waals surface area contributed by atoms with Crippen molar-refractivity contribution in [3.8, 4) is 0 Å². The van der Waals surface area contributed by atoms with Crippen LogP contribution in [-0.4, -0.2) is 56.1 Å². The maximum absolute atomic E-state index is 3.53. The second-order valence-corrected chi connectivity index (χ2v) is 6.49. The van der Waals surface area contributed by atoms with Crippen molar-refractivity contribution >= 4 is 5.69 Å². The van der Waals surface area contributed by atoms with Crippen LogP contribution in [0, 0.1) is 0 Å². The monoisotopic (exact) mass is 273 g/mol. The lowest BCUT2D eigenvalue weighted by atomic mass is 9.98. The van der Waals surface area contributed by atoms with Crippen LogP contribution in [-0.2, 0) is 0 Å². The summed E-state index contributed by atoms with van der Waals surface area (Å²) < 4.78 is 0. The molecule has 0 spiro atoms. The van der Waals surface area contributed by atoms with E-state index in [1.54, 1.807) is 0 Å². The number of benzene rings is 1. The van der Waals surface area contributed by atoms with Crippen LogP contribution in [0.5, 0.6) is 0 Å². The Morgan fingerprint density at radius 3 is 3.00 bits per heavy atom. The standard InChI is InChI=1S/C17H27N3/c1-19(13-15-6-5-10-20(15)2)11-9-14-12-18-17-8-4-3-7-16(14)17/h3-4,7-8,14-15,18H,5-6,9-13H2,1-2H3. The molecule has 1 aromatic rings. The van der Waals surface area contributed by atoms with Crippen molar-refractivity contribution in [1.29, 1.82) is 0 Å². The highest BCUT2D eigenvalue weighted by atomic mass is 15.2. The summed E-state index contributed by atoms with van der Waals surface area (Å²) in [5.41, 5.74) is 2.86. The fourth-order valence-electron chi connectivity index (χ4n) is 3.65. The molecule has 1 saturated heterocycles. The maximum atomic E-state index is 3.53. The van der Waals surface area contributed by atoms with E-state index in [9.17, 15) is 0 Å². The Hall–Kier alpha value is -1.06. The van der Waals surface area contributed by atoms with E-state index in [1.165, 1.54) is 50.1 Å². The van der Waals surface area contributed by atoms with Gasteiger partial charge in [-0.1, -0.05) is 18.2 Å². The largest absolute Gasteiger partial charge is 0.384 e. The van der Waals surface area contributed by atoms with Gasteiger partial charge in [0.25, 0.3) is 0 Å². The van der Waals surface area contributed by atoms with Crippen molar-refractivity contribution in [2.24, 2.45) is 0 Å². The summed E-state index contributed by atoms with van der Waals surface area (Å²) in [6.45, 7) is 4.80. The normalized spacial score (nSPS) is 25.9. The van der Waals surface area contributed by atoms with Gasteiger partial charge in [0, 0.05) is 30.7 Å². The first-order chi connectivity index (χ1) is 9.74. The molecule has 110 valence electrons. The van der Waals surface area contributed by atoms with E-state index in [-0.39, 0.29) is 0 Å². The number of likely N-dealkylation sites (tertiary alicyclic amines) is 1. The van der Waals surface area contributed by atoms with Crippen LogP contribution in [0.2, 0.25) is 0 Å².